The molecule has 1 saturated heterocycles. The van der Waals surface area contributed by atoms with Gasteiger partial charge in [0.2, 0.25) is 0 Å². The Labute approximate surface area is 129 Å². The molecule has 0 aromatic carbocycles. The number of rotatable bonds is 2. The fraction of sp³-hybridized carbons (Fsp3) is 0.467. The van der Waals surface area contributed by atoms with Crippen LogP contribution < -0.4 is 0 Å². The van der Waals surface area contributed by atoms with Crippen LogP contribution >= 0.6 is 24.0 Å². The van der Waals surface area contributed by atoms with Crippen LogP contribution in [-0.2, 0) is 11.8 Å². The standard InChI is InChI=1S/C15H18N2OS2/c1-16-9-5-8-12(16)10-13-14(18)17(15(19)20-13)11-6-3-2-4-7-11/h5,8-11H,2-4,6-7H2,1H3/b13-10+. The van der Waals surface area contributed by atoms with Gasteiger partial charge in [0.25, 0.3) is 5.91 Å². The van der Waals surface area contributed by atoms with Crippen LogP contribution in [0.5, 0.6) is 0 Å². The van der Waals surface area contributed by atoms with E-state index in [1.807, 2.05) is 40.9 Å². The van der Waals surface area contributed by atoms with Crippen molar-refractivity contribution in [3.05, 3.63) is 28.9 Å². The molecule has 5 heteroatoms. The highest BCUT2D eigenvalue weighted by atomic mass is 32.2. The third-order valence-electron chi connectivity index (χ3n) is 4.03. The van der Waals surface area contributed by atoms with Crippen molar-refractivity contribution >= 4 is 40.3 Å². The second-order valence-electron chi connectivity index (χ2n) is 5.39. The predicted molar refractivity (Wildman–Crippen MR) is 87.3 cm³/mol. The van der Waals surface area contributed by atoms with Gasteiger partial charge in [-0.05, 0) is 31.1 Å². The molecule has 0 atom stereocenters. The zero-order chi connectivity index (χ0) is 14.1. The minimum absolute atomic E-state index is 0.0908. The lowest BCUT2D eigenvalue weighted by atomic mass is 9.94. The van der Waals surface area contributed by atoms with Gasteiger partial charge in [-0.3, -0.25) is 9.69 Å². The minimum Gasteiger partial charge on any atom is -0.351 e. The summed E-state index contributed by atoms with van der Waals surface area (Å²) >= 11 is 6.86. The number of aromatic nitrogens is 1. The van der Waals surface area contributed by atoms with E-state index in [0.29, 0.717) is 6.04 Å². The molecule has 3 nitrogen and oxygen atoms in total. The highest BCUT2D eigenvalue weighted by Gasteiger charge is 2.37. The van der Waals surface area contributed by atoms with Crippen molar-refractivity contribution in [2.24, 2.45) is 7.05 Å². The van der Waals surface area contributed by atoms with Gasteiger partial charge >= 0.3 is 0 Å². The van der Waals surface area contributed by atoms with Gasteiger partial charge in [-0.1, -0.05) is 43.2 Å². The summed E-state index contributed by atoms with van der Waals surface area (Å²) in [4.78, 5) is 15.2. The molecule has 0 unspecified atom stereocenters. The number of thiocarbonyl (C=S) groups is 1. The molecule has 1 aromatic heterocycles. The Balaban J connectivity index is 1.83. The van der Waals surface area contributed by atoms with Crippen molar-refractivity contribution in [1.29, 1.82) is 0 Å². The quantitative estimate of drug-likeness (QED) is 0.617. The average molecular weight is 306 g/mol. The van der Waals surface area contributed by atoms with Crippen molar-refractivity contribution < 1.29 is 4.79 Å². The maximum Gasteiger partial charge on any atom is 0.266 e. The minimum atomic E-state index is 0.0908. The first-order valence-corrected chi connectivity index (χ1v) is 8.27. The molecule has 1 aliphatic heterocycles. The van der Waals surface area contributed by atoms with E-state index in [9.17, 15) is 4.79 Å². The fourth-order valence-corrected chi connectivity index (χ4v) is 4.28. The molecular weight excluding hydrogens is 288 g/mol. The normalized spacial score (nSPS) is 23.1. The third-order valence-corrected chi connectivity index (χ3v) is 5.36. The summed E-state index contributed by atoms with van der Waals surface area (Å²) in [6.07, 6.45) is 9.80. The van der Waals surface area contributed by atoms with Crippen LogP contribution in [0.25, 0.3) is 6.08 Å². The second-order valence-corrected chi connectivity index (χ2v) is 7.06. The lowest BCUT2D eigenvalue weighted by Crippen LogP contribution is -2.39. The summed E-state index contributed by atoms with van der Waals surface area (Å²) in [6, 6.07) is 4.30. The number of carbonyl (C=O) groups excluding carboxylic acids is 1. The number of hydrogen-bond acceptors (Lipinski definition) is 3. The molecule has 0 N–H and O–H groups in total. The monoisotopic (exact) mass is 306 g/mol. The summed E-state index contributed by atoms with van der Waals surface area (Å²) in [5.41, 5.74) is 1.04. The SMILES string of the molecule is Cn1cccc1/C=C1/SC(=S)N(C2CCCCC2)C1=O. The van der Waals surface area contributed by atoms with Crippen LogP contribution in [0.15, 0.2) is 23.2 Å². The van der Waals surface area contributed by atoms with Crippen LogP contribution in [0.1, 0.15) is 37.8 Å². The highest BCUT2D eigenvalue weighted by molar-refractivity contribution is 8.26. The molecule has 1 amide bonds. The molecule has 0 spiro atoms. The molecule has 1 aliphatic carbocycles. The van der Waals surface area contributed by atoms with Gasteiger partial charge in [-0.2, -0.15) is 0 Å². The summed E-state index contributed by atoms with van der Waals surface area (Å²) in [7, 11) is 1.98. The van der Waals surface area contributed by atoms with Gasteiger partial charge in [0.1, 0.15) is 4.32 Å². The van der Waals surface area contributed by atoms with E-state index >= 15 is 0 Å². The number of nitrogens with zero attached hydrogens (tertiary/aromatic N) is 2. The molecule has 2 aliphatic rings. The molecule has 1 aromatic rings. The number of hydrogen-bond donors (Lipinski definition) is 0. The molecule has 0 bridgehead atoms. The molecule has 106 valence electrons. The highest BCUT2D eigenvalue weighted by Crippen LogP contribution is 2.37. The summed E-state index contributed by atoms with van der Waals surface area (Å²) < 4.78 is 2.73. The lowest BCUT2D eigenvalue weighted by molar-refractivity contribution is -0.124. The largest absolute Gasteiger partial charge is 0.351 e. The first kappa shape index (κ1) is 13.9. The number of aryl methyl sites for hydroxylation is 1. The molecule has 3 rings (SSSR count). The smallest absolute Gasteiger partial charge is 0.266 e. The first-order valence-electron chi connectivity index (χ1n) is 7.05. The average Bonchev–Trinajstić information content (AvgIpc) is 2.96. The van der Waals surface area contributed by atoms with E-state index in [2.05, 4.69) is 0 Å². The Hall–Kier alpha value is -1.07. The summed E-state index contributed by atoms with van der Waals surface area (Å²) in [5.74, 6) is 0.0908. The van der Waals surface area contributed by atoms with Crippen molar-refractivity contribution in [2.45, 2.75) is 38.1 Å². The van der Waals surface area contributed by atoms with E-state index in [1.165, 1.54) is 31.0 Å². The first-order chi connectivity index (χ1) is 9.66. The Kier molecular flexibility index (Phi) is 3.98. The Bertz CT molecular complexity index is 570. The van der Waals surface area contributed by atoms with Crippen molar-refractivity contribution in [2.75, 3.05) is 0 Å². The Morgan fingerprint density at radius 1 is 1.35 bits per heavy atom. The predicted octanol–water partition coefficient (Wildman–Crippen LogP) is 3.56. The van der Waals surface area contributed by atoms with Gasteiger partial charge < -0.3 is 4.57 Å². The van der Waals surface area contributed by atoms with E-state index in [1.54, 1.807) is 0 Å². The summed E-state index contributed by atoms with van der Waals surface area (Å²) in [6.45, 7) is 0. The molecule has 2 fully saturated rings. The number of thioether (sulfide) groups is 1. The van der Waals surface area contributed by atoms with Gasteiger partial charge in [0.05, 0.1) is 4.91 Å². The number of amides is 1. The van der Waals surface area contributed by atoms with Crippen LogP contribution in [0, 0.1) is 0 Å². The molecule has 1 saturated carbocycles. The van der Waals surface area contributed by atoms with E-state index in [4.69, 9.17) is 12.2 Å². The van der Waals surface area contributed by atoms with Crippen molar-refractivity contribution in [3.8, 4) is 0 Å². The summed E-state index contributed by atoms with van der Waals surface area (Å²) in [5, 5.41) is 0. The van der Waals surface area contributed by atoms with E-state index in [0.717, 1.165) is 27.8 Å². The van der Waals surface area contributed by atoms with Crippen LogP contribution in [-0.4, -0.2) is 25.7 Å². The van der Waals surface area contributed by atoms with Crippen LogP contribution in [0.4, 0.5) is 0 Å². The van der Waals surface area contributed by atoms with Gasteiger partial charge in [0.15, 0.2) is 0 Å². The zero-order valence-electron chi connectivity index (χ0n) is 11.5. The van der Waals surface area contributed by atoms with Gasteiger partial charge in [-0.25, -0.2) is 0 Å². The Morgan fingerprint density at radius 2 is 2.10 bits per heavy atom. The lowest BCUT2D eigenvalue weighted by Gasteiger charge is -2.29. The molecule has 20 heavy (non-hydrogen) atoms. The molecule has 0 radical (unpaired) electrons. The topological polar surface area (TPSA) is 25.2 Å². The maximum atomic E-state index is 12.6. The zero-order valence-corrected chi connectivity index (χ0v) is 13.2. The third kappa shape index (κ3) is 2.56. The van der Waals surface area contributed by atoms with E-state index < -0.39 is 0 Å². The van der Waals surface area contributed by atoms with Gasteiger partial charge in [0, 0.05) is 25.0 Å². The van der Waals surface area contributed by atoms with E-state index in [-0.39, 0.29) is 5.91 Å². The van der Waals surface area contributed by atoms with Crippen LogP contribution in [0.3, 0.4) is 0 Å². The van der Waals surface area contributed by atoms with Crippen LogP contribution in [0.2, 0.25) is 0 Å². The second kappa shape index (κ2) is 5.74. The van der Waals surface area contributed by atoms with Gasteiger partial charge in [-0.15, -0.1) is 0 Å². The Morgan fingerprint density at radius 3 is 2.75 bits per heavy atom. The fourth-order valence-electron chi connectivity index (χ4n) is 2.89. The van der Waals surface area contributed by atoms with Crippen molar-refractivity contribution in [1.82, 2.24) is 9.47 Å². The molecular formula is C15H18N2OS2. The maximum absolute atomic E-state index is 12.6. The number of carbonyl (C=O) groups is 1. The molecule has 2 heterocycles. The van der Waals surface area contributed by atoms with Crippen molar-refractivity contribution in [3.63, 3.8) is 0 Å².